The maximum atomic E-state index is 12.3. The van der Waals surface area contributed by atoms with Gasteiger partial charge in [0.05, 0.1) is 37.2 Å². The van der Waals surface area contributed by atoms with E-state index < -0.39 is 11.8 Å². The van der Waals surface area contributed by atoms with Crippen molar-refractivity contribution in [2.45, 2.75) is 13.5 Å². The van der Waals surface area contributed by atoms with Crippen LogP contribution in [0.3, 0.4) is 0 Å². The van der Waals surface area contributed by atoms with Gasteiger partial charge in [-0.3, -0.25) is 9.59 Å². The normalized spacial score (nSPS) is 10.6. The van der Waals surface area contributed by atoms with E-state index in [1.54, 1.807) is 36.4 Å². The second-order valence-corrected chi connectivity index (χ2v) is 8.69. The van der Waals surface area contributed by atoms with Gasteiger partial charge >= 0.3 is 11.8 Å². The van der Waals surface area contributed by atoms with Crippen LogP contribution in [0, 0.1) is 0 Å². The number of benzene rings is 3. The Labute approximate surface area is 227 Å². The number of ether oxygens (including phenoxy) is 4. The molecule has 0 heterocycles. The van der Waals surface area contributed by atoms with Crippen LogP contribution in [-0.2, 0) is 16.2 Å². The molecule has 0 aliphatic carbocycles. The number of hydrogen-bond donors (Lipinski definition) is 2. The number of hydrogen-bond acceptors (Lipinski definition) is 7. The number of amides is 2. The summed E-state index contributed by atoms with van der Waals surface area (Å²) in [6, 6.07) is 15.6. The first kappa shape index (κ1) is 27.8. The fourth-order valence-electron chi connectivity index (χ4n) is 3.11. The zero-order valence-electron chi connectivity index (χ0n) is 20.3. The Morgan fingerprint density at radius 3 is 2.41 bits per heavy atom. The number of halogens is 2. The van der Waals surface area contributed by atoms with Crippen molar-refractivity contribution in [1.29, 1.82) is 0 Å². The first-order valence-electron chi connectivity index (χ1n) is 11.0. The van der Waals surface area contributed by atoms with Gasteiger partial charge in [-0.1, -0.05) is 23.7 Å². The predicted octanol–water partition coefficient (Wildman–Crippen LogP) is 5.19. The van der Waals surface area contributed by atoms with Crippen LogP contribution in [0.25, 0.3) is 0 Å². The van der Waals surface area contributed by atoms with Crippen molar-refractivity contribution >= 4 is 51.2 Å². The molecule has 0 spiro atoms. The summed E-state index contributed by atoms with van der Waals surface area (Å²) in [5.74, 6) is -0.0204. The van der Waals surface area contributed by atoms with E-state index in [-0.39, 0.29) is 5.69 Å². The van der Waals surface area contributed by atoms with E-state index in [9.17, 15) is 9.59 Å². The van der Waals surface area contributed by atoms with Gasteiger partial charge in [0.15, 0.2) is 11.5 Å². The van der Waals surface area contributed by atoms with Gasteiger partial charge in [-0.05, 0) is 70.4 Å². The van der Waals surface area contributed by atoms with E-state index in [2.05, 4.69) is 31.8 Å². The lowest BCUT2D eigenvalue weighted by molar-refractivity contribution is -0.136. The number of anilines is 1. The fraction of sp³-hybridized carbons (Fsp3) is 0.192. The Hall–Kier alpha value is -3.76. The molecule has 3 rings (SSSR count). The van der Waals surface area contributed by atoms with Crippen LogP contribution in [0.5, 0.6) is 23.0 Å². The lowest BCUT2D eigenvalue weighted by Gasteiger charge is -2.14. The summed E-state index contributed by atoms with van der Waals surface area (Å²) in [6.07, 6.45) is 1.38. The van der Waals surface area contributed by atoms with Crippen molar-refractivity contribution in [1.82, 2.24) is 5.43 Å². The van der Waals surface area contributed by atoms with E-state index in [0.717, 1.165) is 5.56 Å². The molecule has 0 radical (unpaired) electrons. The number of methoxy groups -OCH3 is 2. The first-order valence-corrected chi connectivity index (χ1v) is 12.2. The molecule has 2 N–H and O–H groups in total. The molecule has 3 aromatic carbocycles. The highest BCUT2D eigenvalue weighted by molar-refractivity contribution is 9.10. The monoisotopic (exact) mass is 589 g/mol. The van der Waals surface area contributed by atoms with Crippen molar-refractivity contribution in [3.8, 4) is 23.0 Å². The van der Waals surface area contributed by atoms with E-state index in [1.807, 2.05) is 19.1 Å². The molecular weight excluding hydrogens is 566 g/mol. The third kappa shape index (κ3) is 7.86. The van der Waals surface area contributed by atoms with Crippen LogP contribution < -0.4 is 29.7 Å². The number of hydrazone groups is 1. The molecule has 11 heteroatoms. The fourth-order valence-corrected chi connectivity index (χ4v) is 3.81. The molecule has 9 nitrogen and oxygen atoms in total. The number of carbonyl (C=O) groups excluding carboxylic acids is 2. The third-order valence-electron chi connectivity index (χ3n) is 4.87. The number of rotatable bonds is 10. The van der Waals surface area contributed by atoms with Gasteiger partial charge in [-0.2, -0.15) is 5.10 Å². The molecule has 3 aromatic rings. The second-order valence-electron chi connectivity index (χ2n) is 7.40. The maximum absolute atomic E-state index is 12.3. The van der Waals surface area contributed by atoms with Gasteiger partial charge in [0.1, 0.15) is 18.1 Å². The minimum absolute atomic E-state index is 0.283. The Bertz CT molecular complexity index is 1280. The predicted molar refractivity (Wildman–Crippen MR) is 145 cm³/mol. The molecule has 0 bridgehead atoms. The molecule has 0 aliphatic heterocycles. The van der Waals surface area contributed by atoms with Crippen molar-refractivity contribution < 1.29 is 28.5 Å². The largest absolute Gasteiger partial charge is 0.497 e. The molecule has 0 saturated carbocycles. The lowest BCUT2D eigenvalue weighted by Crippen LogP contribution is -2.32. The van der Waals surface area contributed by atoms with Crippen LogP contribution in [0.4, 0.5) is 5.69 Å². The van der Waals surface area contributed by atoms with Crippen molar-refractivity contribution in [2.24, 2.45) is 5.10 Å². The molecule has 0 aromatic heterocycles. The molecule has 0 atom stereocenters. The van der Waals surface area contributed by atoms with Crippen molar-refractivity contribution in [2.75, 3.05) is 26.1 Å². The molecule has 0 aliphatic rings. The Morgan fingerprint density at radius 2 is 1.73 bits per heavy atom. The van der Waals surface area contributed by atoms with Crippen LogP contribution in [-0.4, -0.2) is 38.9 Å². The maximum Gasteiger partial charge on any atom is 0.329 e. The van der Waals surface area contributed by atoms with Crippen molar-refractivity contribution in [3.05, 3.63) is 75.2 Å². The minimum atomic E-state index is -0.965. The quantitative estimate of drug-likeness (QED) is 0.191. The number of nitrogens with zero attached hydrogens (tertiary/aromatic N) is 1. The molecule has 0 fully saturated rings. The zero-order chi connectivity index (χ0) is 26.8. The summed E-state index contributed by atoms with van der Waals surface area (Å²) in [6.45, 7) is 2.58. The molecule has 37 heavy (non-hydrogen) atoms. The number of nitrogens with one attached hydrogen (secondary N) is 2. The summed E-state index contributed by atoms with van der Waals surface area (Å²) >= 11 is 9.44. The molecule has 0 unspecified atom stereocenters. The van der Waals surface area contributed by atoms with Gasteiger partial charge in [-0.15, -0.1) is 0 Å². The van der Waals surface area contributed by atoms with E-state index >= 15 is 0 Å². The summed E-state index contributed by atoms with van der Waals surface area (Å²) in [5, 5.41) is 7.01. The van der Waals surface area contributed by atoms with Crippen LogP contribution in [0.15, 0.2) is 64.2 Å². The van der Waals surface area contributed by atoms with Gasteiger partial charge < -0.3 is 24.3 Å². The summed E-state index contributed by atoms with van der Waals surface area (Å²) < 4.78 is 22.7. The van der Waals surface area contributed by atoms with Crippen molar-refractivity contribution in [3.63, 3.8) is 0 Å². The average Bonchev–Trinajstić information content (AvgIpc) is 2.89. The minimum Gasteiger partial charge on any atom is -0.497 e. The topological polar surface area (TPSA) is 107 Å². The molecular formula is C26H25BrClN3O6. The summed E-state index contributed by atoms with van der Waals surface area (Å²) in [7, 11) is 2.94. The Morgan fingerprint density at radius 1 is 0.973 bits per heavy atom. The summed E-state index contributed by atoms with van der Waals surface area (Å²) in [4.78, 5) is 24.6. The number of carbonyl (C=O) groups is 2. The highest BCUT2D eigenvalue weighted by Gasteiger charge is 2.16. The smallest absolute Gasteiger partial charge is 0.329 e. The molecule has 2 amide bonds. The second kappa shape index (κ2) is 13.5. The zero-order valence-corrected chi connectivity index (χ0v) is 22.7. The Kier molecular flexibility index (Phi) is 10.2. The van der Waals surface area contributed by atoms with Crippen LogP contribution in [0.1, 0.15) is 18.1 Å². The third-order valence-corrected chi connectivity index (χ3v) is 5.71. The van der Waals surface area contributed by atoms with Gasteiger partial charge in [-0.25, -0.2) is 5.43 Å². The van der Waals surface area contributed by atoms with E-state index in [4.69, 9.17) is 30.5 Å². The van der Waals surface area contributed by atoms with Crippen LogP contribution in [0.2, 0.25) is 5.02 Å². The van der Waals surface area contributed by atoms with E-state index in [0.29, 0.717) is 51.3 Å². The lowest BCUT2D eigenvalue weighted by atomic mass is 10.2. The first-order chi connectivity index (χ1) is 17.8. The molecule has 0 saturated heterocycles. The highest BCUT2D eigenvalue weighted by Crippen LogP contribution is 2.37. The van der Waals surface area contributed by atoms with Gasteiger partial charge in [0, 0.05) is 11.1 Å². The summed E-state index contributed by atoms with van der Waals surface area (Å²) in [5.41, 5.74) is 4.03. The highest BCUT2D eigenvalue weighted by atomic mass is 79.9. The Balaban J connectivity index is 1.66. The standard InChI is InChI=1S/C26H25BrClN3O6/c1-4-36-23-12-17(11-20(27)24(23)37-15-16-5-7-18(28)8-6-16)14-29-31-26(33)25(32)30-21-13-19(34-2)9-10-22(21)35-3/h5-14H,4,15H2,1-3H3,(H,30,32)(H,31,33). The van der Waals surface area contributed by atoms with Gasteiger partial charge in [0.2, 0.25) is 0 Å². The van der Waals surface area contributed by atoms with Crippen LogP contribution >= 0.6 is 27.5 Å². The SMILES string of the molecule is CCOc1cc(C=NNC(=O)C(=O)Nc2cc(OC)ccc2OC)cc(Br)c1OCc1ccc(Cl)cc1. The van der Waals surface area contributed by atoms with Gasteiger partial charge in [0.25, 0.3) is 0 Å². The average molecular weight is 591 g/mol. The molecule has 194 valence electrons. The van der Waals surface area contributed by atoms with E-state index in [1.165, 1.54) is 26.5 Å².